The molecule has 1 aromatic rings. The van der Waals surface area contributed by atoms with Crippen molar-refractivity contribution in [2.75, 3.05) is 7.11 Å². The maximum atomic E-state index is 5.97. The predicted molar refractivity (Wildman–Crippen MR) is 76.1 cm³/mol. The SMILES string of the molecule is COc1cc(C)cc(C)c1CC1CCC(N)CC1. The molecule has 2 rings (SSSR count). The van der Waals surface area contributed by atoms with E-state index in [1.807, 2.05) is 0 Å². The van der Waals surface area contributed by atoms with E-state index in [0.29, 0.717) is 6.04 Å². The molecule has 0 heterocycles. The highest BCUT2D eigenvalue weighted by molar-refractivity contribution is 5.43. The molecule has 0 unspecified atom stereocenters. The fourth-order valence-electron chi connectivity index (χ4n) is 3.08. The monoisotopic (exact) mass is 247 g/mol. The first-order chi connectivity index (χ1) is 8.60. The normalized spacial score (nSPS) is 24.0. The highest BCUT2D eigenvalue weighted by atomic mass is 16.5. The van der Waals surface area contributed by atoms with E-state index in [9.17, 15) is 0 Å². The van der Waals surface area contributed by atoms with Crippen LogP contribution in [0.4, 0.5) is 0 Å². The van der Waals surface area contributed by atoms with E-state index in [2.05, 4.69) is 26.0 Å². The molecule has 0 bridgehead atoms. The number of methoxy groups -OCH3 is 1. The summed E-state index contributed by atoms with van der Waals surface area (Å²) >= 11 is 0. The maximum absolute atomic E-state index is 5.97. The topological polar surface area (TPSA) is 35.2 Å². The number of hydrogen-bond donors (Lipinski definition) is 1. The molecule has 18 heavy (non-hydrogen) atoms. The molecule has 0 atom stereocenters. The summed E-state index contributed by atoms with van der Waals surface area (Å²) in [4.78, 5) is 0. The van der Waals surface area contributed by atoms with Crippen LogP contribution in [0.3, 0.4) is 0 Å². The summed E-state index contributed by atoms with van der Waals surface area (Å²) in [5.74, 6) is 1.84. The number of hydrogen-bond acceptors (Lipinski definition) is 2. The van der Waals surface area contributed by atoms with Crippen LogP contribution < -0.4 is 10.5 Å². The minimum absolute atomic E-state index is 0.433. The Hall–Kier alpha value is -1.02. The predicted octanol–water partition coefficient (Wildman–Crippen LogP) is 3.37. The van der Waals surface area contributed by atoms with E-state index in [-0.39, 0.29) is 0 Å². The average Bonchev–Trinajstić information content (AvgIpc) is 2.34. The van der Waals surface area contributed by atoms with Gasteiger partial charge in [-0.25, -0.2) is 0 Å². The van der Waals surface area contributed by atoms with E-state index >= 15 is 0 Å². The van der Waals surface area contributed by atoms with Gasteiger partial charge in [-0.05, 0) is 74.6 Å². The van der Waals surface area contributed by atoms with Gasteiger partial charge in [-0.15, -0.1) is 0 Å². The zero-order chi connectivity index (χ0) is 13.1. The first-order valence-corrected chi connectivity index (χ1v) is 7.00. The van der Waals surface area contributed by atoms with Crippen LogP contribution in [0.25, 0.3) is 0 Å². The van der Waals surface area contributed by atoms with Gasteiger partial charge >= 0.3 is 0 Å². The fourth-order valence-corrected chi connectivity index (χ4v) is 3.08. The first kappa shape index (κ1) is 13.4. The molecule has 0 aromatic heterocycles. The van der Waals surface area contributed by atoms with Crippen LogP contribution in [0.5, 0.6) is 5.75 Å². The summed E-state index contributed by atoms with van der Waals surface area (Å²) in [6, 6.07) is 4.84. The van der Waals surface area contributed by atoms with Crippen molar-refractivity contribution < 1.29 is 4.74 Å². The molecule has 2 heteroatoms. The van der Waals surface area contributed by atoms with Crippen molar-refractivity contribution in [3.8, 4) is 5.75 Å². The molecule has 1 aliphatic carbocycles. The molecule has 0 amide bonds. The lowest BCUT2D eigenvalue weighted by Crippen LogP contribution is -2.27. The van der Waals surface area contributed by atoms with Crippen LogP contribution >= 0.6 is 0 Å². The summed E-state index contributed by atoms with van der Waals surface area (Å²) in [5.41, 5.74) is 10.0. The summed E-state index contributed by atoms with van der Waals surface area (Å²) < 4.78 is 5.54. The Morgan fingerprint density at radius 1 is 1.17 bits per heavy atom. The Morgan fingerprint density at radius 2 is 1.83 bits per heavy atom. The van der Waals surface area contributed by atoms with Crippen LogP contribution in [0, 0.1) is 19.8 Å². The Labute approximate surface area is 111 Å². The van der Waals surface area contributed by atoms with E-state index in [0.717, 1.165) is 18.1 Å². The van der Waals surface area contributed by atoms with E-state index in [4.69, 9.17) is 10.5 Å². The fraction of sp³-hybridized carbons (Fsp3) is 0.625. The lowest BCUT2D eigenvalue weighted by molar-refractivity contribution is 0.320. The van der Waals surface area contributed by atoms with Crippen molar-refractivity contribution >= 4 is 0 Å². The van der Waals surface area contributed by atoms with E-state index in [1.165, 1.54) is 42.4 Å². The lowest BCUT2D eigenvalue weighted by Gasteiger charge is -2.27. The average molecular weight is 247 g/mol. The summed E-state index contributed by atoms with van der Waals surface area (Å²) in [5, 5.41) is 0. The number of benzene rings is 1. The number of nitrogens with two attached hydrogens (primary N) is 1. The van der Waals surface area contributed by atoms with Gasteiger partial charge in [0.1, 0.15) is 5.75 Å². The zero-order valence-corrected chi connectivity index (χ0v) is 11.8. The van der Waals surface area contributed by atoms with Crippen LogP contribution in [0.1, 0.15) is 42.4 Å². The van der Waals surface area contributed by atoms with Gasteiger partial charge in [-0.2, -0.15) is 0 Å². The third kappa shape index (κ3) is 3.05. The summed E-state index contributed by atoms with van der Waals surface area (Å²) in [7, 11) is 1.77. The molecule has 0 spiro atoms. The van der Waals surface area contributed by atoms with Crippen molar-refractivity contribution in [1.29, 1.82) is 0 Å². The highest BCUT2D eigenvalue weighted by Gasteiger charge is 2.21. The Balaban J connectivity index is 2.13. The molecule has 0 aliphatic heterocycles. The molecule has 2 N–H and O–H groups in total. The first-order valence-electron chi connectivity index (χ1n) is 7.00. The van der Waals surface area contributed by atoms with Gasteiger partial charge in [0.25, 0.3) is 0 Å². The van der Waals surface area contributed by atoms with E-state index in [1.54, 1.807) is 7.11 Å². The Bertz CT molecular complexity index is 406. The summed E-state index contributed by atoms with van der Waals surface area (Å²) in [6.45, 7) is 4.32. The molecule has 1 saturated carbocycles. The smallest absolute Gasteiger partial charge is 0.122 e. The molecular weight excluding hydrogens is 222 g/mol. The van der Waals surface area contributed by atoms with Crippen molar-refractivity contribution in [3.05, 3.63) is 28.8 Å². The van der Waals surface area contributed by atoms with Gasteiger partial charge in [0.15, 0.2) is 0 Å². The third-order valence-corrected chi connectivity index (χ3v) is 4.18. The lowest BCUT2D eigenvalue weighted by atomic mass is 9.81. The number of ether oxygens (including phenoxy) is 1. The second-order valence-electron chi connectivity index (χ2n) is 5.75. The number of aryl methyl sites for hydroxylation is 2. The Kier molecular flexibility index (Phi) is 4.28. The quantitative estimate of drug-likeness (QED) is 0.888. The number of rotatable bonds is 3. The van der Waals surface area contributed by atoms with Crippen molar-refractivity contribution in [1.82, 2.24) is 0 Å². The van der Waals surface area contributed by atoms with Crippen LogP contribution in [0.15, 0.2) is 12.1 Å². The molecule has 1 fully saturated rings. The standard InChI is InChI=1S/C16H25NO/c1-11-8-12(2)15(16(9-11)18-3)10-13-4-6-14(17)7-5-13/h8-9,13-14H,4-7,10,17H2,1-3H3. The van der Waals surface area contributed by atoms with Crippen LogP contribution in [0.2, 0.25) is 0 Å². The van der Waals surface area contributed by atoms with Crippen LogP contribution in [-0.4, -0.2) is 13.2 Å². The second-order valence-corrected chi connectivity index (χ2v) is 5.75. The minimum atomic E-state index is 0.433. The summed E-state index contributed by atoms with van der Waals surface area (Å²) in [6.07, 6.45) is 6.02. The molecule has 2 nitrogen and oxygen atoms in total. The largest absolute Gasteiger partial charge is 0.496 e. The minimum Gasteiger partial charge on any atom is -0.496 e. The van der Waals surface area contributed by atoms with Crippen molar-refractivity contribution in [3.63, 3.8) is 0 Å². The highest BCUT2D eigenvalue weighted by Crippen LogP contribution is 2.32. The molecule has 1 aromatic carbocycles. The van der Waals surface area contributed by atoms with Gasteiger partial charge in [-0.3, -0.25) is 0 Å². The second kappa shape index (κ2) is 5.75. The Morgan fingerprint density at radius 3 is 2.44 bits per heavy atom. The van der Waals surface area contributed by atoms with Crippen LogP contribution in [-0.2, 0) is 6.42 Å². The molecule has 100 valence electrons. The van der Waals surface area contributed by atoms with Crippen molar-refractivity contribution in [2.45, 2.75) is 52.0 Å². The molecule has 0 saturated heterocycles. The van der Waals surface area contributed by atoms with E-state index < -0.39 is 0 Å². The molecule has 0 radical (unpaired) electrons. The van der Waals surface area contributed by atoms with Gasteiger partial charge in [-0.1, -0.05) is 6.07 Å². The van der Waals surface area contributed by atoms with Crippen molar-refractivity contribution in [2.24, 2.45) is 11.7 Å². The maximum Gasteiger partial charge on any atom is 0.122 e. The molecular formula is C16H25NO. The third-order valence-electron chi connectivity index (χ3n) is 4.18. The van der Waals surface area contributed by atoms with Gasteiger partial charge in [0.2, 0.25) is 0 Å². The van der Waals surface area contributed by atoms with Gasteiger partial charge in [0, 0.05) is 6.04 Å². The zero-order valence-electron chi connectivity index (χ0n) is 11.8. The molecule has 1 aliphatic rings. The van der Waals surface area contributed by atoms with Gasteiger partial charge < -0.3 is 10.5 Å². The van der Waals surface area contributed by atoms with Gasteiger partial charge in [0.05, 0.1) is 7.11 Å².